The summed E-state index contributed by atoms with van der Waals surface area (Å²) in [6.07, 6.45) is 0. The van der Waals surface area contributed by atoms with Crippen LogP contribution in [0.25, 0.3) is 0 Å². The highest BCUT2D eigenvalue weighted by Crippen LogP contribution is 2.15. The molecular weight excluding hydrogens is 261 g/mol. The van der Waals surface area contributed by atoms with Crippen molar-refractivity contribution < 1.29 is 18.7 Å². The lowest BCUT2D eigenvalue weighted by Gasteiger charge is -2.10. The maximum Gasteiger partial charge on any atom is 0.325 e. The van der Waals surface area contributed by atoms with Crippen LogP contribution in [-0.2, 0) is 16.1 Å². The zero-order valence-electron chi connectivity index (χ0n) is 10.2. The van der Waals surface area contributed by atoms with Gasteiger partial charge in [0.15, 0.2) is 0 Å². The molecule has 0 aliphatic rings. The average Bonchev–Trinajstić information content (AvgIpc) is 2.39. The van der Waals surface area contributed by atoms with E-state index in [0.29, 0.717) is 11.3 Å². The molecule has 0 saturated heterocycles. The van der Waals surface area contributed by atoms with E-state index >= 15 is 0 Å². The molecular formula is C12H15ClFNO3. The van der Waals surface area contributed by atoms with Gasteiger partial charge in [0.1, 0.15) is 16.9 Å². The molecule has 0 aliphatic heterocycles. The Bertz CT molecular complexity index is 414. The molecule has 6 heteroatoms. The summed E-state index contributed by atoms with van der Waals surface area (Å²) in [7, 11) is 2.74. The van der Waals surface area contributed by atoms with Crippen LogP contribution in [0.5, 0.6) is 5.75 Å². The van der Waals surface area contributed by atoms with E-state index in [9.17, 15) is 9.18 Å². The fourth-order valence-corrected chi connectivity index (χ4v) is 1.54. The Labute approximate surface area is 110 Å². The number of halogens is 2. The number of nitrogens with one attached hydrogen (secondary N) is 1. The van der Waals surface area contributed by atoms with Gasteiger partial charge < -0.3 is 14.8 Å². The number of rotatable bonds is 6. The maximum absolute atomic E-state index is 13.5. The Morgan fingerprint density at radius 2 is 2.22 bits per heavy atom. The highest BCUT2D eigenvalue weighted by atomic mass is 35.5. The van der Waals surface area contributed by atoms with Crippen molar-refractivity contribution in [3.05, 3.63) is 29.6 Å². The van der Waals surface area contributed by atoms with Crippen molar-refractivity contribution in [3.8, 4) is 5.75 Å². The summed E-state index contributed by atoms with van der Waals surface area (Å²) in [5.41, 5.74) is 0.476. The predicted octanol–water partition coefficient (Wildman–Crippen LogP) is 1.70. The molecule has 1 unspecified atom stereocenters. The molecule has 0 saturated carbocycles. The van der Waals surface area contributed by atoms with Crippen LogP contribution in [-0.4, -0.2) is 32.1 Å². The number of ether oxygens (including phenoxy) is 2. The van der Waals surface area contributed by atoms with E-state index in [1.54, 1.807) is 12.1 Å². The highest BCUT2D eigenvalue weighted by molar-refractivity contribution is 6.30. The zero-order valence-corrected chi connectivity index (χ0v) is 11.0. The molecule has 0 aliphatic carbocycles. The van der Waals surface area contributed by atoms with Crippen molar-refractivity contribution in [1.29, 1.82) is 0 Å². The summed E-state index contributed by atoms with van der Waals surface area (Å²) < 4.78 is 22.9. The number of carbonyl (C=O) groups excluding carboxylic acids is 1. The van der Waals surface area contributed by atoms with E-state index in [2.05, 4.69) is 10.1 Å². The Morgan fingerprint density at radius 3 is 2.78 bits per heavy atom. The molecule has 1 aromatic carbocycles. The van der Waals surface area contributed by atoms with Crippen molar-refractivity contribution in [2.24, 2.45) is 0 Å². The molecule has 1 aromatic rings. The van der Waals surface area contributed by atoms with Gasteiger partial charge >= 0.3 is 5.97 Å². The quantitative estimate of drug-likeness (QED) is 0.634. The standard InChI is InChI=1S/C12H15ClFNO3/c1-17-9-4-3-8(11(14)5-9)6-15-7-10(13)12(16)18-2/h3-5,10,15H,6-7H2,1-2H3. The van der Waals surface area contributed by atoms with E-state index in [1.165, 1.54) is 20.3 Å². The Morgan fingerprint density at radius 1 is 1.50 bits per heavy atom. The highest BCUT2D eigenvalue weighted by Gasteiger charge is 2.15. The minimum Gasteiger partial charge on any atom is -0.497 e. The topological polar surface area (TPSA) is 47.6 Å². The van der Waals surface area contributed by atoms with Gasteiger partial charge in [0.2, 0.25) is 0 Å². The Hall–Kier alpha value is -1.33. The molecule has 100 valence electrons. The summed E-state index contributed by atoms with van der Waals surface area (Å²) >= 11 is 5.73. The SMILES string of the molecule is COC(=O)C(Cl)CNCc1ccc(OC)cc1F. The number of carbonyl (C=O) groups is 1. The number of hydrogen-bond acceptors (Lipinski definition) is 4. The summed E-state index contributed by atoms with van der Waals surface area (Å²) in [6, 6.07) is 4.58. The van der Waals surface area contributed by atoms with Crippen LogP contribution in [0.15, 0.2) is 18.2 Å². The van der Waals surface area contributed by atoms with Crippen molar-refractivity contribution >= 4 is 17.6 Å². The number of alkyl halides is 1. The van der Waals surface area contributed by atoms with Gasteiger partial charge in [0, 0.05) is 24.7 Å². The minimum absolute atomic E-state index is 0.208. The van der Waals surface area contributed by atoms with Crippen molar-refractivity contribution in [2.75, 3.05) is 20.8 Å². The molecule has 4 nitrogen and oxygen atoms in total. The molecule has 0 bridgehead atoms. The van der Waals surface area contributed by atoms with Gasteiger partial charge in [-0.15, -0.1) is 11.6 Å². The largest absolute Gasteiger partial charge is 0.497 e. The summed E-state index contributed by atoms with van der Waals surface area (Å²) in [5.74, 6) is -0.425. The van der Waals surface area contributed by atoms with Crippen LogP contribution >= 0.6 is 11.6 Å². The van der Waals surface area contributed by atoms with E-state index in [4.69, 9.17) is 16.3 Å². The molecule has 0 amide bonds. The van der Waals surface area contributed by atoms with Crippen molar-refractivity contribution in [3.63, 3.8) is 0 Å². The zero-order chi connectivity index (χ0) is 13.5. The molecule has 1 rings (SSSR count). The summed E-state index contributed by atoms with van der Waals surface area (Å²) in [6.45, 7) is 0.482. The van der Waals surface area contributed by atoms with Crippen molar-refractivity contribution in [2.45, 2.75) is 11.9 Å². The number of hydrogen-bond donors (Lipinski definition) is 1. The second-order valence-corrected chi connectivity index (χ2v) is 4.11. The van der Waals surface area contributed by atoms with Crippen LogP contribution in [0.1, 0.15) is 5.56 Å². The van der Waals surface area contributed by atoms with Gasteiger partial charge in [-0.3, -0.25) is 4.79 Å². The van der Waals surface area contributed by atoms with Gasteiger partial charge in [0.05, 0.1) is 14.2 Å². The first-order valence-electron chi connectivity index (χ1n) is 5.33. The van der Waals surface area contributed by atoms with Crippen LogP contribution < -0.4 is 10.1 Å². The fraction of sp³-hybridized carbons (Fsp3) is 0.417. The first kappa shape index (κ1) is 14.7. The number of methoxy groups -OCH3 is 2. The molecule has 0 heterocycles. The fourth-order valence-electron chi connectivity index (χ4n) is 1.34. The normalized spacial score (nSPS) is 12.0. The van der Waals surface area contributed by atoms with Crippen molar-refractivity contribution in [1.82, 2.24) is 5.32 Å². The van der Waals surface area contributed by atoms with E-state index in [0.717, 1.165) is 0 Å². The summed E-state index contributed by atoms with van der Waals surface area (Å²) in [5, 5.41) is 2.10. The monoisotopic (exact) mass is 275 g/mol. The van der Waals surface area contributed by atoms with E-state index < -0.39 is 11.3 Å². The lowest BCUT2D eigenvalue weighted by molar-refractivity contribution is -0.140. The average molecular weight is 276 g/mol. The lowest BCUT2D eigenvalue weighted by atomic mass is 10.2. The molecule has 0 fully saturated rings. The number of esters is 1. The first-order chi connectivity index (χ1) is 8.58. The Balaban J connectivity index is 2.46. The van der Waals surface area contributed by atoms with Gasteiger partial charge in [0.25, 0.3) is 0 Å². The first-order valence-corrected chi connectivity index (χ1v) is 5.77. The van der Waals surface area contributed by atoms with Gasteiger partial charge in [-0.1, -0.05) is 6.07 Å². The third-order valence-electron chi connectivity index (χ3n) is 2.36. The molecule has 0 radical (unpaired) electrons. The minimum atomic E-state index is -0.781. The third kappa shape index (κ3) is 4.16. The van der Waals surface area contributed by atoms with Gasteiger partial charge in [-0.05, 0) is 6.07 Å². The number of benzene rings is 1. The smallest absolute Gasteiger partial charge is 0.325 e. The molecule has 1 N–H and O–H groups in total. The van der Waals surface area contributed by atoms with E-state index in [-0.39, 0.29) is 18.9 Å². The third-order valence-corrected chi connectivity index (χ3v) is 2.69. The van der Waals surface area contributed by atoms with E-state index in [1.807, 2.05) is 0 Å². The summed E-state index contributed by atoms with van der Waals surface area (Å²) in [4.78, 5) is 11.0. The molecule has 0 spiro atoms. The maximum atomic E-state index is 13.5. The van der Waals surface area contributed by atoms with Gasteiger partial charge in [-0.25, -0.2) is 4.39 Å². The lowest BCUT2D eigenvalue weighted by Crippen LogP contribution is -2.30. The van der Waals surface area contributed by atoms with Crippen LogP contribution in [0.3, 0.4) is 0 Å². The Kier molecular flexibility index (Phi) is 5.88. The van der Waals surface area contributed by atoms with Crippen LogP contribution in [0.4, 0.5) is 4.39 Å². The van der Waals surface area contributed by atoms with Crippen LogP contribution in [0, 0.1) is 5.82 Å². The van der Waals surface area contributed by atoms with Gasteiger partial charge in [-0.2, -0.15) is 0 Å². The second kappa shape index (κ2) is 7.18. The molecule has 1 atom stereocenters. The molecule has 18 heavy (non-hydrogen) atoms. The van der Waals surface area contributed by atoms with Crippen LogP contribution in [0.2, 0.25) is 0 Å². The molecule has 0 aromatic heterocycles. The predicted molar refractivity (Wildman–Crippen MR) is 66.3 cm³/mol. The second-order valence-electron chi connectivity index (χ2n) is 3.58.